The van der Waals surface area contributed by atoms with E-state index in [2.05, 4.69) is 4.98 Å². The van der Waals surface area contributed by atoms with Crippen LogP contribution in [-0.2, 0) is 9.59 Å². The van der Waals surface area contributed by atoms with Crippen molar-refractivity contribution in [3.8, 4) is 0 Å². The first kappa shape index (κ1) is 13.4. The average Bonchev–Trinajstić information content (AvgIpc) is 2.36. The average molecular weight is 249 g/mol. The van der Waals surface area contributed by atoms with Crippen molar-refractivity contribution in [2.24, 2.45) is 0 Å². The zero-order valence-corrected chi connectivity index (χ0v) is 9.53. The van der Waals surface area contributed by atoms with Gasteiger partial charge in [-0.05, 0) is 12.1 Å². The summed E-state index contributed by atoms with van der Waals surface area (Å²) in [5.74, 6) is -1.72. The molecule has 0 aliphatic carbocycles. The molecule has 0 bridgehead atoms. The summed E-state index contributed by atoms with van der Waals surface area (Å²) in [7, 11) is 1.44. The number of nitrogens with one attached hydrogen (secondary N) is 1. The minimum Gasteiger partial charge on any atom is -0.478 e. The SMILES string of the molecule is CN(C(=O)NC(=O)/C=C/C(=O)O)c1ccccn1. The number of carbonyl (C=O) groups is 3. The maximum absolute atomic E-state index is 11.6. The molecule has 0 aliphatic heterocycles. The summed E-state index contributed by atoms with van der Waals surface area (Å²) in [6.07, 6.45) is 2.90. The lowest BCUT2D eigenvalue weighted by Crippen LogP contribution is -2.40. The predicted molar refractivity (Wildman–Crippen MR) is 63.0 cm³/mol. The predicted octanol–water partition coefficient (Wildman–Crippen LogP) is 0.395. The quantitative estimate of drug-likeness (QED) is 0.755. The van der Waals surface area contributed by atoms with Crippen molar-refractivity contribution in [3.63, 3.8) is 0 Å². The van der Waals surface area contributed by atoms with Gasteiger partial charge >= 0.3 is 12.0 Å². The zero-order valence-electron chi connectivity index (χ0n) is 9.53. The maximum Gasteiger partial charge on any atom is 0.329 e. The molecule has 1 aromatic rings. The number of pyridine rings is 1. The number of carboxylic acids is 1. The van der Waals surface area contributed by atoms with Crippen molar-refractivity contribution in [3.05, 3.63) is 36.5 Å². The molecule has 0 aromatic carbocycles. The number of aromatic nitrogens is 1. The summed E-state index contributed by atoms with van der Waals surface area (Å²) in [5, 5.41) is 10.3. The van der Waals surface area contributed by atoms with Crippen LogP contribution in [0.15, 0.2) is 36.5 Å². The van der Waals surface area contributed by atoms with Gasteiger partial charge in [0.05, 0.1) is 0 Å². The van der Waals surface area contributed by atoms with Crippen molar-refractivity contribution in [1.82, 2.24) is 10.3 Å². The minimum absolute atomic E-state index is 0.366. The molecule has 0 fully saturated rings. The lowest BCUT2D eigenvalue weighted by molar-refractivity contribution is -0.131. The summed E-state index contributed by atoms with van der Waals surface area (Å²) in [4.78, 5) is 38.0. The second-order valence-corrected chi connectivity index (χ2v) is 3.21. The molecular weight excluding hydrogens is 238 g/mol. The van der Waals surface area contributed by atoms with Gasteiger partial charge in [-0.2, -0.15) is 0 Å². The van der Waals surface area contributed by atoms with Crippen LogP contribution < -0.4 is 10.2 Å². The highest BCUT2D eigenvalue weighted by Gasteiger charge is 2.13. The molecule has 0 atom stereocenters. The van der Waals surface area contributed by atoms with E-state index in [0.717, 1.165) is 11.0 Å². The van der Waals surface area contributed by atoms with Gasteiger partial charge in [0.2, 0.25) is 0 Å². The van der Waals surface area contributed by atoms with Crippen LogP contribution in [0, 0.1) is 0 Å². The number of amides is 3. The van der Waals surface area contributed by atoms with E-state index in [4.69, 9.17) is 5.11 Å². The van der Waals surface area contributed by atoms with Crippen molar-refractivity contribution in [2.45, 2.75) is 0 Å². The third-order valence-electron chi connectivity index (χ3n) is 1.90. The molecule has 7 nitrogen and oxygen atoms in total. The standard InChI is InChI=1S/C11H11N3O4/c1-14(8-4-2-3-7-12-8)11(18)13-9(15)5-6-10(16)17/h2-7H,1H3,(H,16,17)(H,13,15,18)/b6-5+. The molecule has 0 radical (unpaired) electrons. The molecule has 0 spiro atoms. The summed E-state index contributed by atoms with van der Waals surface area (Å²) in [5.41, 5.74) is 0. The van der Waals surface area contributed by atoms with E-state index in [0.29, 0.717) is 11.9 Å². The van der Waals surface area contributed by atoms with E-state index in [1.165, 1.54) is 13.2 Å². The van der Waals surface area contributed by atoms with Gasteiger partial charge in [-0.3, -0.25) is 15.0 Å². The molecule has 18 heavy (non-hydrogen) atoms. The summed E-state index contributed by atoms with van der Waals surface area (Å²) >= 11 is 0. The van der Waals surface area contributed by atoms with Crippen molar-refractivity contribution in [1.29, 1.82) is 0 Å². The van der Waals surface area contributed by atoms with Crippen molar-refractivity contribution < 1.29 is 19.5 Å². The van der Waals surface area contributed by atoms with Crippen LogP contribution in [0.4, 0.5) is 10.6 Å². The van der Waals surface area contributed by atoms with Gasteiger partial charge in [-0.15, -0.1) is 0 Å². The maximum atomic E-state index is 11.6. The fourth-order valence-corrected chi connectivity index (χ4v) is 1.03. The Hall–Kier alpha value is -2.70. The first-order chi connectivity index (χ1) is 8.50. The van der Waals surface area contributed by atoms with Crippen molar-refractivity contribution in [2.75, 3.05) is 11.9 Å². The van der Waals surface area contributed by atoms with Gasteiger partial charge in [0.15, 0.2) is 0 Å². The number of aliphatic carboxylic acids is 1. The molecule has 1 heterocycles. The molecule has 94 valence electrons. The Morgan fingerprint density at radius 2 is 2.06 bits per heavy atom. The summed E-state index contributed by atoms with van der Waals surface area (Å²) < 4.78 is 0. The molecule has 0 saturated heterocycles. The highest BCUT2D eigenvalue weighted by Crippen LogP contribution is 2.06. The number of hydrogen-bond acceptors (Lipinski definition) is 4. The Morgan fingerprint density at radius 3 is 2.61 bits per heavy atom. The third kappa shape index (κ3) is 4.05. The number of urea groups is 1. The van der Waals surface area contributed by atoms with Crippen LogP contribution in [0.1, 0.15) is 0 Å². The fourth-order valence-electron chi connectivity index (χ4n) is 1.03. The van der Waals surface area contributed by atoms with Crippen LogP contribution in [0.5, 0.6) is 0 Å². The topological polar surface area (TPSA) is 99.6 Å². The highest BCUT2D eigenvalue weighted by molar-refractivity contribution is 6.06. The van der Waals surface area contributed by atoms with Crippen molar-refractivity contribution >= 4 is 23.7 Å². The second-order valence-electron chi connectivity index (χ2n) is 3.21. The number of nitrogens with zero attached hydrogens (tertiary/aromatic N) is 2. The molecule has 1 aromatic heterocycles. The summed E-state index contributed by atoms with van der Waals surface area (Å²) in [6, 6.07) is 4.28. The fraction of sp³-hybridized carbons (Fsp3) is 0.0909. The molecule has 3 amide bonds. The van der Waals surface area contributed by atoms with Crippen LogP contribution in [0.3, 0.4) is 0 Å². The van der Waals surface area contributed by atoms with E-state index in [-0.39, 0.29) is 0 Å². The molecule has 2 N–H and O–H groups in total. The van der Waals surface area contributed by atoms with Gasteiger partial charge < -0.3 is 5.11 Å². The lowest BCUT2D eigenvalue weighted by atomic mass is 10.4. The molecule has 7 heteroatoms. The third-order valence-corrected chi connectivity index (χ3v) is 1.90. The Bertz CT molecular complexity index is 484. The number of anilines is 1. The number of carboxylic acid groups (broad SMARTS) is 1. The molecule has 0 unspecified atom stereocenters. The van der Waals surface area contributed by atoms with Gasteiger partial charge in [0, 0.05) is 25.4 Å². The molecule has 0 aliphatic rings. The summed E-state index contributed by atoms with van der Waals surface area (Å²) in [6.45, 7) is 0. The lowest BCUT2D eigenvalue weighted by Gasteiger charge is -2.15. The number of carbonyl (C=O) groups excluding carboxylic acids is 2. The first-order valence-electron chi connectivity index (χ1n) is 4.91. The number of rotatable bonds is 3. The Labute approximate surface area is 103 Å². The van der Waals surface area contributed by atoms with Gasteiger partial charge in [0.25, 0.3) is 5.91 Å². The van der Waals surface area contributed by atoms with Gasteiger partial charge in [-0.25, -0.2) is 14.6 Å². The molecule has 0 saturated carbocycles. The number of imide groups is 1. The largest absolute Gasteiger partial charge is 0.478 e. The molecule has 1 rings (SSSR count). The van der Waals surface area contributed by atoms with Crippen LogP contribution in [0.2, 0.25) is 0 Å². The van der Waals surface area contributed by atoms with E-state index < -0.39 is 17.9 Å². The normalized spacial score (nSPS) is 10.1. The highest BCUT2D eigenvalue weighted by atomic mass is 16.4. The number of hydrogen-bond donors (Lipinski definition) is 2. The van der Waals surface area contributed by atoms with Gasteiger partial charge in [0.1, 0.15) is 5.82 Å². The Morgan fingerprint density at radius 1 is 1.33 bits per heavy atom. The van der Waals surface area contributed by atoms with E-state index in [9.17, 15) is 14.4 Å². The van der Waals surface area contributed by atoms with Crippen LogP contribution in [-0.4, -0.2) is 35.0 Å². The first-order valence-corrected chi connectivity index (χ1v) is 4.91. The van der Waals surface area contributed by atoms with E-state index >= 15 is 0 Å². The van der Waals surface area contributed by atoms with Crippen LogP contribution in [0.25, 0.3) is 0 Å². The van der Waals surface area contributed by atoms with Gasteiger partial charge in [-0.1, -0.05) is 6.07 Å². The second kappa shape index (κ2) is 6.14. The monoisotopic (exact) mass is 249 g/mol. The van der Waals surface area contributed by atoms with E-state index in [1.54, 1.807) is 18.2 Å². The smallest absolute Gasteiger partial charge is 0.329 e. The molecular formula is C11H11N3O4. The Balaban J connectivity index is 2.61. The van der Waals surface area contributed by atoms with E-state index in [1.807, 2.05) is 5.32 Å². The van der Waals surface area contributed by atoms with Crippen LogP contribution >= 0.6 is 0 Å². The Kier molecular flexibility index (Phi) is 4.56. The minimum atomic E-state index is -1.27. The zero-order chi connectivity index (χ0) is 13.5.